The molecule has 0 fully saturated rings. The molecule has 1 aromatic rings. The maximum Gasteiger partial charge on any atom is 0.118 e. The Kier molecular flexibility index (Phi) is 2.00. The van der Waals surface area contributed by atoms with Gasteiger partial charge in [-0.05, 0) is 12.1 Å². The van der Waals surface area contributed by atoms with E-state index in [4.69, 9.17) is 4.42 Å². The zero-order valence-corrected chi connectivity index (χ0v) is 5.19. The second kappa shape index (κ2) is 2.79. The number of thiol groups is 1. The SMILES string of the molecule is SNCc1ccco1. The van der Waals surface area contributed by atoms with E-state index in [1.54, 1.807) is 6.26 Å². The van der Waals surface area contributed by atoms with Gasteiger partial charge < -0.3 is 4.42 Å². The number of hydrogen-bond acceptors (Lipinski definition) is 3. The molecule has 0 amide bonds. The minimum absolute atomic E-state index is 0.677. The number of nitrogens with one attached hydrogen (secondary N) is 1. The van der Waals surface area contributed by atoms with E-state index in [-0.39, 0.29) is 0 Å². The number of hydrogen-bond donors (Lipinski definition) is 2. The third kappa shape index (κ3) is 1.28. The van der Waals surface area contributed by atoms with E-state index >= 15 is 0 Å². The van der Waals surface area contributed by atoms with E-state index in [1.165, 1.54) is 0 Å². The van der Waals surface area contributed by atoms with Crippen LogP contribution in [0, 0.1) is 0 Å². The average Bonchev–Trinajstić information content (AvgIpc) is 2.19. The van der Waals surface area contributed by atoms with Crippen molar-refractivity contribution in [2.45, 2.75) is 6.54 Å². The van der Waals surface area contributed by atoms with Crippen LogP contribution in [-0.4, -0.2) is 0 Å². The largest absolute Gasteiger partial charge is 0.468 e. The van der Waals surface area contributed by atoms with Crippen LogP contribution in [-0.2, 0) is 6.54 Å². The average molecular weight is 129 g/mol. The van der Waals surface area contributed by atoms with Gasteiger partial charge in [-0.15, -0.1) is 0 Å². The quantitative estimate of drug-likeness (QED) is 0.587. The Morgan fingerprint density at radius 3 is 3.12 bits per heavy atom. The van der Waals surface area contributed by atoms with Gasteiger partial charge in [0.1, 0.15) is 5.76 Å². The first kappa shape index (κ1) is 5.72. The molecule has 0 saturated heterocycles. The van der Waals surface area contributed by atoms with Crippen molar-refractivity contribution in [3.8, 4) is 0 Å². The molecule has 1 N–H and O–H groups in total. The Morgan fingerprint density at radius 2 is 2.62 bits per heavy atom. The lowest BCUT2D eigenvalue weighted by Gasteiger charge is -1.88. The molecule has 0 spiro atoms. The van der Waals surface area contributed by atoms with Gasteiger partial charge in [-0.3, -0.25) is 4.72 Å². The van der Waals surface area contributed by atoms with Crippen LogP contribution < -0.4 is 4.72 Å². The summed E-state index contributed by atoms with van der Waals surface area (Å²) >= 11 is 3.80. The van der Waals surface area contributed by atoms with Crippen LogP contribution in [0.2, 0.25) is 0 Å². The summed E-state index contributed by atoms with van der Waals surface area (Å²) in [6.45, 7) is 0.677. The zero-order valence-electron chi connectivity index (χ0n) is 4.29. The standard InChI is InChI=1S/C5H7NOS/c8-6-4-5-2-1-3-7-5/h1-3,6,8H,4H2. The predicted octanol–water partition coefficient (Wildman–Crippen LogP) is 1.21. The Labute approximate surface area is 53.4 Å². The maximum atomic E-state index is 4.96. The molecular weight excluding hydrogens is 122 g/mol. The van der Waals surface area contributed by atoms with E-state index in [2.05, 4.69) is 17.5 Å². The lowest BCUT2D eigenvalue weighted by Crippen LogP contribution is -1.95. The first-order chi connectivity index (χ1) is 3.93. The summed E-state index contributed by atoms with van der Waals surface area (Å²) in [4.78, 5) is 0. The Balaban J connectivity index is 2.50. The fourth-order valence-electron chi connectivity index (χ4n) is 0.491. The van der Waals surface area contributed by atoms with Crippen molar-refractivity contribution in [3.05, 3.63) is 24.2 Å². The van der Waals surface area contributed by atoms with Gasteiger partial charge in [-0.2, -0.15) is 0 Å². The molecule has 1 aromatic heterocycles. The first-order valence-corrected chi connectivity index (χ1v) is 2.77. The van der Waals surface area contributed by atoms with Gasteiger partial charge in [0.05, 0.1) is 12.8 Å². The van der Waals surface area contributed by atoms with Crippen LogP contribution in [0.4, 0.5) is 0 Å². The van der Waals surface area contributed by atoms with Crippen LogP contribution in [0.1, 0.15) is 5.76 Å². The van der Waals surface area contributed by atoms with Crippen molar-refractivity contribution in [2.75, 3.05) is 0 Å². The Bertz CT molecular complexity index is 138. The number of furan rings is 1. The highest BCUT2D eigenvalue weighted by molar-refractivity contribution is 7.78. The maximum absolute atomic E-state index is 4.96. The molecule has 0 aliphatic rings. The molecule has 0 bridgehead atoms. The van der Waals surface area contributed by atoms with Gasteiger partial charge in [-0.1, -0.05) is 12.8 Å². The molecular formula is C5H7NOS. The van der Waals surface area contributed by atoms with Crippen LogP contribution in [0.3, 0.4) is 0 Å². The molecule has 0 aliphatic carbocycles. The van der Waals surface area contributed by atoms with Gasteiger partial charge in [0.25, 0.3) is 0 Å². The van der Waals surface area contributed by atoms with Crippen molar-refractivity contribution < 1.29 is 4.42 Å². The highest BCUT2D eigenvalue weighted by Crippen LogP contribution is 1.97. The lowest BCUT2D eigenvalue weighted by molar-refractivity contribution is 0.507. The van der Waals surface area contributed by atoms with Crippen molar-refractivity contribution in [1.29, 1.82) is 0 Å². The normalized spacial score (nSPS) is 9.62. The van der Waals surface area contributed by atoms with E-state index in [0.717, 1.165) is 5.76 Å². The summed E-state index contributed by atoms with van der Waals surface area (Å²) in [5, 5.41) is 0. The molecule has 0 saturated carbocycles. The molecule has 44 valence electrons. The van der Waals surface area contributed by atoms with E-state index in [0.29, 0.717) is 6.54 Å². The third-order valence-corrected chi connectivity index (χ3v) is 0.992. The van der Waals surface area contributed by atoms with E-state index in [1.807, 2.05) is 12.1 Å². The summed E-state index contributed by atoms with van der Waals surface area (Å²) in [6.07, 6.45) is 1.64. The molecule has 0 atom stereocenters. The van der Waals surface area contributed by atoms with Crippen LogP contribution in [0.15, 0.2) is 22.8 Å². The molecule has 8 heavy (non-hydrogen) atoms. The lowest BCUT2D eigenvalue weighted by atomic mass is 10.5. The van der Waals surface area contributed by atoms with Crippen LogP contribution in [0.5, 0.6) is 0 Å². The summed E-state index contributed by atoms with van der Waals surface area (Å²) < 4.78 is 7.63. The zero-order chi connectivity index (χ0) is 5.82. The van der Waals surface area contributed by atoms with Gasteiger partial charge >= 0.3 is 0 Å². The van der Waals surface area contributed by atoms with Gasteiger partial charge in [0, 0.05) is 0 Å². The summed E-state index contributed by atoms with van der Waals surface area (Å²) in [5.41, 5.74) is 0. The van der Waals surface area contributed by atoms with Crippen LogP contribution >= 0.6 is 12.8 Å². The number of rotatable bonds is 2. The van der Waals surface area contributed by atoms with E-state index in [9.17, 15) is 0 Å². The predicted molar refractivity (Wildman–Crippen MR) is 34.5 cm³/mol. The fraction of sp³-hybridized carbons (Fsp3) is 0.200. The second-order valence-electron chi connectivity index (χ2n) is 1.41. The smallest absolute Gasteiger partial charge is 0.118 e. The van der Waals surface area contributed by atoms with Crippen molar-refractivity contribution >= 4 is 12.8 Å². The molecule has 0 aromatic carbocycles. The fourth-order valence-corrected chi connectivity index (χ4v) is 0.647. The van der Waals surface area contributed by atoms with Gasteiger partial charge in [-0.25, -0.2) is 0 Å². The molecule has 0 radical (unpaired) electrons. The highest BCUT2D eigenvalue weighted by atomic mass is 32.1. The van der Waals surface area contributed by atoms with Crippen LogP contribution in [0.25, 0.3) is 0 Å². The van der Waals surface area contributed by atoms with Crippen molar-refractivity contribution in [2.24, 2.45) is 0 Å². The van der Waals surface area contributed by atoms with Crippen molar-refractivity contribution in [3.63, 3.8) is 0 Å². The Morgan fingerprint density at radius 1 is 1.75 bits per heavy atom. The molecule has 3 heteroatoms. The summed E-state index contributed by atoms with van der Waals surface area (Å²) in [5.74, 6) is 0.903. The van der Waals surface area contributed by atoms with Gasteiger partial charge in [0.15, 0.2) is 0 Å². The van der Waals surface area contributed by atoms with Gasteiger partial charge in [0.2, 0.25) is 0 Å². The second-order valence-corrected chi connectivity index (χ2v) is 1.73. The molecule has 1 rings (SSSR count). The minimum atomic E-state index is 0.677. The molecule has 1 heterocycles. The highest BCUT2D eigenvalue weighted by Gasteiger charge is 1.88. The topological polar surface area (TPSA) is 25.2 Å². The monoisotopic (exact) mass is 129 g/mol. The molecule has 0 unspecified atom stereocenters. The first-order valence-electron chi connectivity index (χ1n) is 2.33. The summed E-state index contributed by atoms with van der Waals surface area (Å²) in [6, 6.07) is 3.74. The minimum Gasteiger partial charge on any atom is -0.468 e. The van der Waals surface area contributed by atoms with Crippen molar-refractivity contribution in [1.82, 2.24) is 4.72 Å². The summed E-state index contributed by atoms with van der Waals surface area (Å²) in [7, 11) is 0. The van der Waals surface area contributed by atoms with E-state index < -0.39 is 0 Å². The third-order valence-electron chi connectivity index (χ3n) is 0.833. The molecule has 2 nitrogen and oxygen atoms in total. The molecule has 0 aliphatic heterocycles. The Hall–Kier alpha value is -0.410.